The zero-order valence-electron chi connectivity index (χ0n) is 15.6. The summed E-state index contributed by atoms with van der Waals surface area (Å²) in [6.07, 6.45) is 3.75. The first-order chi connectivity index (χ1) is 12.0. The van der Waals surface area contributed by atoms with Gasteiger partial charge in [-0.1, -0.05) is 0 Å². The highest BCUT2D eigenvalue weighted by molar-refractivity contribution is 8.00. The second-order valence-electron chi connectivity index (χ2n) is 7.09. The maximum absolute atomic E-state index is 5.88. The van der Waals surface area contributed by atoms with Crippen molar-refractivity contribution in [2.45, 2.75) is 50.5 Å². The van der Waals surface area contributed by atoms with Gasteiger partial charge in [0.05, 0.1) is 7.11 Å². The largest absolute Gasteiger partial charge is 0.496 e. The van der Waals surface area contributed by atoms with Gasteiger partial charge < -0.3 is 20.1 Å². The molecule has 2 heterocycles. The Balaban J connectivity index is 1.61. The van der Waals surface area contributed by atoms with E-state index in [0.29, 0.717) is 11.3 Å². The van der Waals surface area contributed by atoms with Gasteiger partial charge in [-0.15, -0.1) is 0 Å². The minimum absolute atomic E-state index is 0.238. The first-order valence-corrected chi connectivity index (χ1v) is 9.96. The van der Waals surface area contributed by atoms with E-state index in [1.54, 1.807) is 7.11 Å². The molecule has 2 atom stereocenters. The van der Waals surface area contributed by atoms with Crippen LogP contribution in [0.15, 0.2) is 17.1 Å². The third-order valence-electron chi connectivity index (χ3n) is 4.90. The molecule has 2 aliphatic rings. The van der Waals surface area contributed by atoms with Crippen LogP contribution >= 0.6 is 11.8 Å². The first kappa shape index (κ1) is 18.2. The van der Waals surface area contributed by atoms with Gasteiger partial charge in [0.25, 0.3) is 0 Å². The molecule has 5 nitrogen and oxygen atoms in total. The number of aliphatic imine (C=N–C) groups is 1. The van der Waals surface area contributed by atoms with Gasteiger partial charge in [-0.25, -0.2) is 0 Å². The molecule has 0 aromatic heterocycles. The average Bonchev–Trinajstić information content (AvgIpc) is 3.18. The summed E-state index contributed by atoms with van der Waals surface area (Å²) in [5, 5.41) is 6.86. The van der Waals surface area contributed by atoms with Crippen molar-refractivity contribution in [3.05, 3.63) is 23.3 Å². The van der Waals surface area contributed by atoms with Gasteiger partial charge in [0.2, 0.25) is 0 Å². The molecule has 1 saturated heterocycles. The fourth-order valence-electron chi connectivity index (χ4n) is 3.46. The number of thioether (sulfide) groups is 1. The lowest BCUT2D eigenvalue weighted by atomic mass is 10.1. The SMILES string of the molecule is CN=C(NCc1cc2c(cc1OC)CC(C)O2)NCC1(C)CCCS1. The molecule has 2 N–H and O–H groups in total. The highest BCUT2D eigenvalue weighted by atomic mass is 32.2. The molecule has 3 rings (SSSR count). The predicted octanol–water partition coefficient (Wildman–Crippen LogP) is 2.97. The Labute approximate surface area is 155 Å². The number of nitrogens with one attached hydrogen (secondary N) is 2. The van der Waals surface area contributed by atoms with E-state index in [-0.39, 0.29) is 6.10 Å². The van der Waals surface area contributed by atoms with Gasteiger partial charge in [-0.2, -0.15) is 11.8 Å². The van der Waals surface area contributed by atoms with Crippen LogP contribution in [0.5, 0.6) is 11.5 Å². The number of rotatable bonds is 5. The fourth-order valence-corrected chi connectivity index (χ4v) is 4.70. The summed E-state index contributed by atoms with van der Waals surface area (Å²) in [7, 11) is 3.53. The molecule has 0 aliphatic carbocycles. The fraction of sp³-hybridized carbons (Fsp3) is 0.632. The minimum Gasteiger partial charge on any atom is -0.496 e. The Morgan fingerprint density at radius 1 is 1.44 bits per heavy atom. The molecule has 2 aliphatic heterocycles. The molecule has 0 amide bonds. The molecule has 0 bridgehead atoms. The summed E-state index contributed by atoms with van der Waals surface area (Å²) < 4.78 is 11.8. The lowest BCUT2D eigenvalue weighted by molar-refractivity contribution is 0.254. The molecular weight excluding hydrogens is 334 g/mol. The highest BCUT2D eigenvalue weighted by Crippen LogP contribution is 2.37. The topological polar surface area (TPSA) is 54.9 Å². The Morgan fingerprint density at radius 3 is 2.96 bits per heavy atom. The first-order valence-electron chi connectivity index (χ1n) is 8.98. The Hall–Kier alpha value is -1.56. The number of guanidine groups is 1. The van der Waals surface area contributed by atoms with E-state index in [1.165, 1.54) is 24.2 Å². The summed E-state index contributed by atoms with van der Waals surface area (Å²) in [6, 6.07) is 4.19. The van der Waals surface area contributed by atoms with Crippen molar-refractivity contribution in [2.75, 3.05) is 26.5 Å². The van der Waals surface area contributed by atoms with E-state index in [1.807, 2.05) is 18.8 Å². The van der Waals surface area contributed by atoms with E-state index >= 15 is 0 Å². The Kier molecular flexibility index (Phi) is 5.67. The molecule has 138 valence electrons. The number of hydrogen-bond donors (Lipinski definition) is 2. The van der Waals surface area contributed by atoms with E-state index in [9.17, 15) is 0 Å². The quantitative estimate of drug-likeness (QED) is 0.622. The van der Waals surface area contributed by atoms with E-state index in [4.69, 9.17) is 9.47 Å². The minimum atomic E-state index is 0.238. The van der Waals surface area contributed by atoms with Gasteiger partial charge in [0, 0.05) is 42.4 Å². The lowest BCUT2D eigenvalue weighted by Crippen LogP contribution is -2.43. The van der Waals surface area contributed by atoms with Gasteiger partial charge >= 0.3 is 0 Å². The van der Waals surface area contributed by atoms with Gasteiger partial charge in [0.1, 0.15) is 17.6 Å². The van der Waals surface area contributed by atoms with Crippen molar-refractivity contribution >= 4 is 17.7 Å². The second-order valence-corrected chi connectivity index (χ2v) is 8.77. The molecule has 0 saturated carbocycles. The number of hydrogen-bond acceptors (Lipinski definition) is 4. The number of methoxy groups -OCH3 is 1. The van der Waals surface area contributed by atoms with Crippen molar-refractivity contribution in [3.63, 3.8) is 0 Å². The summed E-state index contributed by atoms with van der Waals surface area (Å²) in [5.41, 5.74) is 2.31. The zero-order valence-corrected chi connectivity index (χ0v) is 16.5. The average molecular weight is 364 g/mol. The van der Waals surface area contributed by atoms with Crippen molar-refractivity contribution < 1.29 is 9.47 Å². The lowest BCUT2D eigenvalue weighted by Gasteiger charge is -2.24. The summed E-state index contributed by atoms with van der Waals surface area (Å²) >= 11 is 2.05. The standard InChI is InChI=1S/C19H29N3O2S/c1-13-8-14-9-16(23-4)15(10-17(14)24-13)11-21-18(20-3)22-12-19(2)6-5-7-25-19/h9-10,13H,5-8,11-12H2,1-4H3,(H2,20,21,22). The van der Waals surface area contributed by atoms with Gasteiger partial charge in [-0.05, 0) is 44.6 Å². The number of fused-ring (bicyclic) bond motifs is 1. The highest BCUT2D eigenvalue weighted by Gasteiger charge is 2.29. The third kappa shape index (κ3) is 4.35. The third-order valence-corrected chi connectivity index (χ3v) is 6.44. The number of benzene rings is 1. The van der Waals surface area contributed by atoms with Crippen LogP contribution in [0.2, 0.25) is 0 Å². The number of ether oxygens (including phenoxy) is 2. The van der Waals surface area contributed by atoms with Crippen LogP contribution in [0.1, 0.15) is 37.8 Å². The van der Waals surface area contributed by atoms with Crippen molar-refractivity contribution in [2.24, 2.45) is 4.99 Å². The number of nitrogens with zero attached hydrogens (tertiary/aromatic N) is 1. The Bertz CT molecular complexity index is 642. The molecule has 25 heavy (non-hydrogen) atoms. The van der Waals surface area contributed by atoms with Crippen LogP contribution in [0, 0.1) is 0 Å². The van der Waals surface area contributed by atoms with Gasteiger partial charge in [0.15, 0.2) is 5.96 Å². The maximum atomic E-state index is 5.88. The van der Waals surface area contributed by atoms with Crippen LogP contribution in [0.3, 0.4) is 0 Å². The molecule has 6 heteroatoms. The van der Waals surface area contributed by atoms with E-state index in [0.717, 1.165) is 36.0 Å². The molecule has 1 fully saturated rings. The monoisotopic (exact) mass is 363 g/mol. The molecular formula is C19H29N3O2S. The van der Waals surface area contributed by atoms with Crippen LogP contribution in [0.25, 0.3) is 0 Å². The van der Waals surface area contributed by atoms with Crippen LogP contribution in [-0.4, -0.2) is 43.3 Å². The summed E-state index contributed by atoms with van der Waals surface area (Å²) in [5.74, 6) is 3.96. The molecule has 2 unspecified atom stereocenters. The second kappa shape index (κ2) is 7.77. The summed E-state index contributed by atoms with van der Waals surface area (Å²) in [4.78, 5) is 4.35. The van der Waals surface area contributed by atoms with Crippen molar-refractivity contribution in [3.8, 4) is 11.5 Å². The van der Waals surface area contributed by atoms with Crippen molar-refractivity contribution in [1.82, 2.24) is 10.6 Å². The van der Waals surface area contributed by atoms with E-state index < -0.39 is 0 Å². The Morgan fingerprint density at radius 2 is 2.28 bits per heavy atom. The maximum Gasteiger partial charge on any atom is 0.191 e. The molecule has 1 aromatic carbocycles. The van der Waals surface area contributed by atoms with Crippen LogP contribution in [-0.2, 0) is 13.0 Å². The van der Waals surface area contributed by atoms with Crippen molar-refractivity contribution in [1.29, 1.82) is 0 Å². The van der Waals surface area contributed by atoms with Gasteiger partial charge in [-0.3, -0.25) is 4.99 Å². The molecule has 0 radical (unpaired) electrons. The van der Waals surface area contributed by atoms with E-state index in [2.05, 4.69) is 41.6 Å². The smallest absolute Gasteiger partial charge is 0.191 e. The van der Waals surface area contributed by atoms with Crippen LogP contribution < -0.4 is 20.1 Å². The zero-order chi connectivity index (χ0) is 17.9. The molecule has 0 spiro atoms. The predicted molar refractivity (Wildman–Crippen MR) is 105 cm³/mol. The molecule has 1 aromatic rings. The normalized spacial score (nSPS) is 25.4. The van der Waals surface area contributed by atoms with Crippen LogP contribution in [0.4, 0.5) is 0 Å². The summed E-state index contributed by atoms with van der Waals surface area (Å²) in [6.45, 7) is 6.00.